The van der Waals surface area contributed by atoms with Crippen LogP contribution in [0.15, 0.2) is 89.9 Å². The molecule has 0 bridgehead atoms. The number of nitrogens with zero attached hydrogens (tertiary/aromatic N) is 2. The summed E-state index contributed by atoms with van der Waals surface area (Å²) in [5.41, 5.74) is 5.20. The van der Waals surface area contributed by atoms with Crippen LogP contribution in [-0.4, -0.2) is 18.5 Å². The van der Waals surface area contributed by atoms with Gasteiger partial charge < -0.3 is 9.64 Å². The molecule has 0 amide bonds. The first-order valence-electron chi connectivity index (χ1n) is 15.1. The molecule has 4 aromatic carbocycles. The highest BCUT2D eigenvalue weighted by Gasteiger charge is 2.60. The zero-order chi connectivity index (χ0) is 27.5. The standard InChI is InChI=1S/C37H40N2O/c1-35(2,28-15-9-6-10-16-28)29-20-21-30-27(23-29)19-22-33-34(30)38-25-37(40-33)36(3,4)31-17-11-12-18-32(31)39(37)24-26-13-7-5-8-14-26/h6,9-12,15-23,25-26H,5,7-8,13-14,24H2,1-4H3. The van der Waals surface area contributed by atoms with Gasteiger partial charge in [0.1, 0.15) is 11.4 Å². The minimum absolute atomic E-state index is 0.0888. The molecule has 1 unspecified atom stereocenters. The van der Waals surface area contributed by atoms with E-state index >= 15 is 0 Å². The molecule has 2 heterocycles. The Morgan fingerprint density at radius 2 is 1.60 bits per heavy atom. The Labute approximate surface area is 238 Å². The molecule has 40 heavy (non-hydrogen) atoms. The minimum Gasteiger partial charge on any atom is -0.459 e. The summed E-state index contributed by atoms with van der Waals surface area (Å²) in [7, 11) is 0. The van der Waals surface area contributed by atoms with E-state index in [2.05, 4.69) is 124 Å². The molecule has 1 saturated carbocycles. The summed E-state index contributed by atoms with van der Waals surface area (Å²) < 4.78 is 7.18. The molecule has 0 aromatic heterocycles. The fourth-order valence-electron chi connectivity index (χ4n) is 7.49. The molecule has 2 aliphatic heterocycles. The highest BCUT2D eigenvalue weighted by atomic mass is 16.5. The van der Waals surface area contributed by atoms with Gasteiger partial charge in [-0.2, -0.15) is 0 Å². The van der Waals surface area contributed by atoms with E-state index in [1.807, 2.05) is 0 Å². The van der Waals surface area contributed by atoms with Crippen LogP contribution in [0.4, 0.5) is 11.4 Å². The Morgan fingerprint density at radius 3 is 2.40 bits per heavy atom. The summed E-state index contributed by atoms with van der Waals surface area (Å²) in [6, 6.07) is 30.8. The van der Waals surface area contributed by atoms with Gasteiger partial charge in [0.2, 0.25) is 5.72 Å². The van der Waals surface area contributed by atoms with Gasteiger partial charge >= 0.3 is 0 Å². The minimum atomic E-state index is -0.649. The lowest BCUT2D eigenvalue weighted by molar-refractivity contribution is 0.0733. The van der Waals surface area contributed by atoms with Gasteiger partial charge in [0.15, 0.2) is 0 Å². The van der Waals surface area contributed by atoms with Crippen LogP contribution in [0.1, 0.15) is 76.5 Å². The second-order valence-electron chi connectivity index (χ2n) is 13.2. The molecule has 1 aliphatic carbocycles. The third-order valence-corrected chi connectivity index (χ3v) is 10.1. The Kier molecular flexibility index (Phi) is 5.85. The van der Waals surface area contributed by atoms with Crippen LogP contribution >= 0.6 is 0 Å². The Hall–Kier alpha value is -3.59. The fourth-order valence-corrected chi connectivity index (χ4v) is 7.49. The first-order valence-corrected chi connectivity index (χ1v) is 15.1. The van der Waals surface area contributed by atoms with Gasteiger partial charge in [0.25, 0.3) is 0 Å². The quantitative estimate of drug-likeness (QED) is 0.264. The van der Waals surface area contributed by atoms with Crippen LogP contribution in [-0.2, 0) is 10.8 Å². The molecule has 3 aliphatic rings. The van der Waals surface area contributed by atoms with Crippen LogP contribution in [0.2, 0.25) is 0 Å². The van der Waals surface area contributed by atoms with Gasteiger partial charge in [-0.15, -0.1) is 0 Å². The van der Waals surface area contributed by atoms with E-state index in [0.29, 0.717) is 5.92 Å². The third-order valence-electron chi connectivity index (χ3n) is 10.1. The molecular formula is C37H40N2O. The maximum absolute atomic E-state index is 7.18. The highest BCUT2D eigenvalue weighted by Crippen LogP contribution is 2.55. The summed E-state index contributed by atoms with van der Waals surface area (Å²) in [5, 5.41) is 2.34. The number of hydrogen-bond acceptors (Lipinski definition) is 3. The SMILES string of the molecule is CC(C)(c1ccccc1)c1ccc2c3c(ccc2c1)OC1(C=N3)N(CC2CCCCC2)c2ccccc2C1(C)C. The van der Waals surface area contributed by atoms with Crippen molar-refractivity contribution in [2.75, 3.05) is 11.4 Å². The Morgan fingerprint density at radius 1 is 0.850 bits per heavy atom. The Bertz CT molecular complexity index is 1600. The summed E-state index contributed by atoms with van der Waals surface area (Å²) >= 11 is 0. The van der Waals surface area contributed by atoms with Gasteiger partial charge in [0.05, 0.1) is 11.6 Å². The van der Waals surface area contributed by atoms with E-state index in [-0.39, 0.29) is 10.8 Å². The molecule has 1 spiro atoms. The van der Waals surface area contributed by atoms with Crippen molar-refractivity contribution >= 4 is 28.4 Å². The van der Waals surface area contributed by atoms with Crippen molar-refractivity contribution in [1.82, 2.24) is 0 Å². The van der Waals surface area contributed by atoms with Crippen molar-refractivity contribution in [2.45, 2.75) is 76.4 Å². The van der Waals surface area contributed by atoms with Gasteiger partial charge in [-0.1, -0.05) is 106 Å². The first kappa shape index (κ1) is 25.4. The van der Waals surface area contributed by atoms with Gasteiger partial charge in [-0.25, -0.2) is 0 Å². The van der Waals surface area contributed by atoms with Crippen molar-refractivity contribution in [3.8, 4) is 5.75 Å². The summed E-state index contributed by atoms with van der Waals surface area (Å²) in [4.78, 5) is 7.78. The van der Waals surface area contributed by atoms with E-state index in [9.17, 15) is 0 Å². The molecular weight excluding hydrogens is 488 g/mol. The molecule has 0 N–H and O–H groups in total. The fraction of sp³-hybridized carbons (Fsp3) is 0.378. The van der Waals surface area contributed by atoms with E-state index in [1.165, 1.54) is 59.9 Å². The molecule has 3 nitrogen and oxygen atoms in total. The zero-order valence-corrected chi connectivity index (χ0v) is 24.3. The highest BCUT2D eigenvalue weighted by molar-refractivity contribution is 6.00. The first-order chi connectivity index (χ1) is 19.3. The molecule has 4 aromatic rings. The number of aliphatic imine (C=N–C) groups is 1. The second-order valence-corrected chi connectivity index (χ2v) is 13.2. The van der Waals surface area contributed by atoms with Crippen LogP contribution in [0.25, 0.3) is 10.8 Å². The van der Waals surface area contributed by atoms with Crippen molar-refractivity contribution in [1.29, 1.82) is 0 Å². The number of hydrogen-bond donors (Lipinski definition) is 0. The molecule has 1 atom stereocenters. The average Bonchev–Trinajstić information content (AvgIpc) is 3.16. The number of ether oxygens (including phenoxy) is 1. The van der Waals surface area contributed by atoms with Crippen LogP contribution < -0.4 is 9.64 Å². The molecule has 0 saturated heterocycles. The van der Waals surface area contributed by atoms with Crippen molar-refractivity contribution in [3.05, 3.63) is 102 Å². The van der Waals surface area contributed by atoms with E-state index in [4.69, 9.17) is 9.73 Å². The largest absolute Gasteiger partial charge is 0.459 e. The zero-order valence-electron chi connectivity index (χ0n) is 24.3. The topological polar surface area (TPSA) is 24.8 Å². The average molecular weight is 529 g/mol. The molecule has 0 radical (unpaired) electrons. The number of rotatable bonds is 4. The van der Waals surface area contributed by atoms with Crippen molar-refractivity contribution in [3.63, 3.8) is 0 Å². The normalized spacial score (nSPS) is 21.9. The monoisotopic (exact) mass is 528 g/mol. The van der Waals surface area contributed by atoms with Crippen LogP contribution in [0.5, 0.6) is 5.75 Å². The second kappa shape index (κ2) is 9.23. The number of fused-ring (bicyclic) bond motifs is 4. The smallest absolute Gasteiger partial charge is 0.228 e. The van der Waals surface area contributed by atoms with Crippen LogP contribution in [0.3, 0.4) is 0 Å². The predicted molar refractivity (Wildman–Crippen MR) is 167 cm³/mol. The van der Waals surface area contributed by atoms with Gasteiger partial charge in [0, 0.05) is 23.0 Å². The lowest BCUT2D eigenvalue weighted by Gasteiger charge is -2.47. The van der Waals surface area contributed by atoms with Crippen molar-refractivity contribution in [2.24, 2.45) is 10.9 Å². The van der Waals surface area contributed by atoms with Gasteiger partial charge in [-0.05, 0) is 66.8 Å². The van der Waals surface area contributed by atoms with E-state index < -0.39 is 5.72 Å². The van der Waals surface area contributed by atoms with Gasteiger partial charge in [-0.3, -0.25) is 4.99 Å². The molecule has 1 fully saturated rings. The number of benzene rings is 4. The van der Waals surface area contributed by atoms with E-state index in [0.717, 1.165) is 23.4 Å². The summed E-state index contributed by atoms with van der Waals surface area (Å²) in [5.74, 6) is 1.56. The lowest BCUT2D eigenvalue weighted by atomic mass is 9.77. The maximum atomic E-state index is 7.18. The summed E-state index contributed by atoms with van der Waals surface area (Å²) in [6.45, 7) is 10.3. The number of anilines is 1. The van der Waals surface area contributed by atoms with Crippen molar-refractivity contribution < 1.29 is 4.74 Å². The molecule has 7 rings (SSSR count). The Balaban J connectivity index is 1.29. The number of para-hydroxylation sites is 1. The third kappa shape index (κ3) is 3.73. The van der Waals surface area contributed by atoms with E-state index in [1.54, 1.807) is 0 Å². The lowest BCUT2D eigenvalue weighted by Crippen LogP contribution is -2.63. The summed E-state index contributed by atoms with van der Waals surface area (Å²) in [6.07, 6.45) is 8.77. The predicted octanol–water partition coefficient (Wildman–Crippen LogP) is 9.33. The van der Waals surface area contributed by atoms with Crippen LogP contribution in [0, 0.1) is 5.92 Å². The molecule has 3 heteroatoms. The molecule has 204 valence electrons. The maximum Gasteiger partial charge on any atom is 0.228 e.